The van der Waals surface area contributed by atoms with Gasteiger partial charge in [0.2, 0.25) is 0 Å². The van der Waals surface area contributed by atoms with Gasteiger partial charge < -0.3 is 14.8 Å². The average molecular weight is 492 g/mol. The topological polar surface area (TPSA) is 64.6 Å². The molecule has 5 nitrogen and oxygen atoms in total. The van der Waals surface area contributed by atoms with E-state index in [9.17, 15) is 9.59 Å². The number of rotatable bonds is 11. The number of methoxy groups -OCH3 is 1. The molecule has 1 N–H and O–H groups in total. The van der Waals surface area contributed by atoms with Gasteiger partial charge in [-0.05, 0) is 77.6 Å². The molecule has 3 rings (SSSR count). The Labute approximate surface area is 211 Å². The predicted octanol–water partition coefficient (Wildman–Crippen LogP) is 6.73. The van der Waals surface area contributed by atoms with E-state index in [1.165, 1.54) is 0 Å². The van der Waals surface area contributed by atoms with E-state index in [0.717, 1.165) is 40.5 Å². The Bertz CT molecular complexity index is 1220. The number of amides is 1. The Morgan fingerprint density at radius 3 is 2.51 bits per heavy atom. The van der Waals surface area contributed by atoms with Crippen LogP contribution in [0.15, 0.2) is 66.2 Å². The van der Waals surface area contributed by atoms with Crippen LogP contribution in [0.5, 0.6) is 11.5 Å². The van der Waals surface area contributed by atoms with Crippen molar-refractivity contribution in [2.75, 3.05) is 13.7 Å². The predicted molar refractivity (Wildman–Crippen MR) is 141 cm³/mol. The zero-order chi connectivity index (χ0) is 25.2. The van der Waals surface area contributed by atoms with Crippen LogP contribution in [0.4, 0.5) is 0 Å². The number of nitrogens with one attached hydrogen (secondary N) is 1. The van der Waals surface area contributed by atoms with E-state index in [4.69, 9.17) is 21.1 Å². The molecular formula is C29H30ClNO4. The zero-order valence-electron chi connectivity index (χ0n) is 20.3. The second kappa shape index (κ2) is 12.8. The van der Waals surface area contributed by atoms with Gasteiger partial charge in [-0.15, -0.1) is 0 Å². The average Bonchev–Trinajstić information content (AvgIpc) is 2.89. The Balaban J connectivity index is 1.80. The highest BCUT2D eigenvalue weighted by atomic mass is 35.5. The molecule has 0 bridgehead atoms. The van der Waals surface area contributed by atoms with Gasteiger partial charge in [0.1, 0.15) is 17.8 Å². The van der Waals surface area contributed by atoms with Gasteiger partial charge in [0.15, 0.2) is 0 Å². The van der Waals surface area contributed by atoms with Crippen LogP contribution in [0.3, 0.4) is 0 Å². The summed E-state index contributed by atoms with van der Waals surface area (Å²) in [7, 11) is 1.60. The van der Waals surface area contributed by atoms with Gasteiger partial charge in [0.05, 0.1) is 24.3 Å². The fourth-order valence-corrected chi connectivity index (χ4v) is 3.85. The maximum Gasteiger partial charge on any atom is 0.253 e. The molecule has 0 aliphatic rings. The molecule has 0 saturated carbocycles. The van der Waals surface area contributed by atoms with Crippen molar-refractivity contribution in [3.63, 3.8) is 0 Å². The molecule has 0 unspecified atom stereocenters. The minimum atomic E-state index is -0.280. The van der Waals surface area contributed by atoms with Crippen LogP contribution in [0.25, 0.3) is 17.2 Å². The fraction of sp³-hybridized carbons (Fsp3) is 0.241. The first-order chi connectivity index (χ1) is 17.0. The summed E-state index contributed by atoms with van der Waals surface area (Å²) in [4.78, 5) is 24.0. The van der Waals surface area contributed by atoms with Crippen molar-refractivity contribution in [1.82, 2.24) is 5.32 Å². The van der Waals surface area contributed by atoms with E-state index >= 15 is 0 Å². The quantitative estimate of drug-likeness (QED) is 0.238. The van der Waals surface area contributed by atoms with E-state index in [2.05, 4.69) is 5.32 Å². The second-order valence-corrected chi connectivity index (χ2v) is 8.42. The molecule has 0 radical (unpaired) electrons. The van der Waals surface area contributed by atoms with Gasteiger partial charge in [-0.2, -0.15) is 0 Å². The smallest absolute Gasteiger partial charge is 0.253 e. The number of hydrogen-bond acceptors (Lipinski definition) is 4. The molecule has 0 spiro atoms. The number of hydrogen-bond donors (Lipinski definition) is 1. The van der Waals surface area contributed by atoms with Crippen molar-refractivity contribution in [2.24, 2.45) is 0 Å². The van der Waals surface area contributed by atoms with Crippen molar-refractivity contribution < 1.29 is 19.1 Å². The molecule has 182 valence electrons. The lowest BCUT2D eigenvalue weighted by Crippen LogP contribution is -2.23. The minimum Gasteiger partial charge on any atom is -0.496 e. The van der Waals surface area contributed by atoms with Crippen LogP contribution in [-0.4, -0.2) is 25.9 Å². The van der Waals surface area contributed by atoms with Crippen LogP contribution >= 0.6 is 11.6 Å². The molecule has 0 aromatic heterocycles. The number of benzene rings is 3. The second-order valence-electron chi connectivity index (χ2n) is 8.02. The number of aldehydes is 1. The van der Waals surface area contributed by atoms with Gasteiger partial charge in [0, 0.05) is 12.1 Å². The lowest BCUT2D eigenvalue weighted by molar-refractivity contribution is -0.104. The summed E-state index contributed by atoms with van der Waals surface area (Å²) in [5.74, 6) is 1.03. The van der Waals surface area contributed by atoms with Gasteiger partial charge in [0.25, 0.3) is 5.91 Å². The highest BCUT2D eigenvalue weighted by molar-refractivity contribution is 6.34. The monoisotopic (exact) mass is 491 g/mol. The SMILES string of the molecule is CCCOc1ccc(C(=O)NCc2cc(-c3cccc(/C=C(/C=O)CC)c3)ccc2OC)c(Cl)c1. The standard InChI is InChI=1S/C29H30ClNO4/c1-4-13-35-25-10-11-26(27(30)17-25)29(33)31-18-24-16-23(9-12-28(24)34-3)22-8-6-7-21(15-22)14-20(5-2)19-32/h6-12,14-17,19H,4-5,13,18H2,1-3H3,(H,31,33)/b20-14+. The van der Waals surface area contributed by atoms with Crippen molar-refractivity contribution in [3.8, 4) is 22.6 Å². The number of allylic oxidation sites excluding steroid dienone is 1. The molecule has 35 heavy (non-hydrogen) atoms. The summed E-state index contributed by atoms with van der Waals surface area (Å²) < 4.78 is 11.1. The molecule has 0 aliphatic carbocycles. The van der Waals surface area contributed by atoms with E-state index in [-0.39, 0.29) is 12.5 Å². The normalized spacial score (nSPS) is 11.1. The number of halogens is 1. The van der Waals surface area contributed by atoms with Gasteiger partial charge >= 0.3 is 0 Å². The number of carbonyl (C=O) groups excluding carboxylic acids is 2. The fourth-order valence-electron chi connectivity index (χ4n) is 3.60. The first-order valence-electron chi connectivity index (χ1n) is 11.6. The summed E-state index contributed by atoms with van der Waals surface area (Å²) in [6, 6.07) is 18.9. The maximum atomic E-state index is 12.8. The molecule has 0 aliphatic heterocycles. The first kappa shape index (κ1) is 26.0. The Morgan fingerprint density at radius 2 is 1.83 bits per heavy atom. The van der Waals surface area contributed by atoms with E-state index in [0.29, 0.717) is 35.1 Å². The van der Waals surface area contributed by atoms with Crippen LogP contribution in [0.2, 0.25) is 5.02 Å². The molecule has 0 saturated heterocycles. The molecule has 3 aromatic rings. The van der Waals surface area contributed by atoms with E-state index < -0.39 is 0 Å². The zero-order valence-corrected chi connectivity index (χ0v) is 21.0. The Kier molecular flexibility index (Phi) is 9.50. The summed E-state index contributed by atoms with van der Waals surface area (Å²) >= 11 is 6.33. The molecule has 1 amide bonds. The largest absolute Gasteiger partial charge is 0.496 e. The third kappa shape index (κ3) is 6.96. The lowest BCUT2D eigenvalue weighted by atomic mass is 9.99. The molecule has 3 aromatic carbocycles. The van der Waals surface area contributed by atoms with Crippen LogP contribution in [-0.2, 0) is 11.3 Å². The van der Waals surface area contributed by atoms with Crippen LogP contribution < -0.4 is 14.8 Å². The summed E-state index contributed by atoms with van der Waals surface area (Å²) in [6.07, 6.45) is 4.35. The highest BCUT2D eigenvalue weighted by Crippen LogP contribution is 2.28. The van der Waals surface area contributed by atoms with Gasteiger partial charge in [-0.3, -0.25) is 9.59 Å². The first-order valence-corrected chi connectivity index (χ1v) is 12.0. The van der Waals surface area contributed by atoms with Gasteiger partial charge in [-0.25, -0.2) is 0 Å². The van der Waals surface area contributed by atoms with Crippen molar-refractivity contribution in [3.05, 3.63) is 87.9 Å². The van der Waals surface area contributed by atoms with E-state index in [1.54, 1.807) is 25.3 Å². The third-order valence-corrected chi connectivity index (χ3v) is 5.82. The van der Waals surface area contributed by atoms with Gasteiger partial charge in [-0.1, -0.05) is 49.7 Å². The number of carbonyl (C=O) groups is 2. The molecule has 0 heterocycles. The molecule has 0 fully saturated rings. The Morgan fingerprint density at radius 1 is 1.03 bits per heavy atom. The van der Waals surface area contributed by atoms with Crippen molar-refractivity contribution in [2.45, 2.75) is 33.2 Å². The van der Waals surface area contributed by atoms with Crippen molar-refractivity contribution in [1.29, 1.82) is 0 Å². The third-order valence-electron chi connectivity index (χ3n) is 5.51. The van der Waals surface area contributed by atoms with Crippen LogP contribution in [0.1, 0.15) is 48.2 Å². The molecule has 0 atom stereocenters. The number of ether oxygens (including phenoxy) is 2. The van der Waals surface area contributed by atoms with Crippen molar-refractivity contribution >= 4 is 29.9 Å². The van der Waals surface area contributed by atoms with Crippen LogP contribution in [0, 0.1) is 0 Å². The molecule has 6 heteroatoms. The Hall–Kier alpha value is -3.57. The lowest BCUT2D eigenvalue weighted by Gasteiger charge is -2.13. The maximum absolute atomic E-state index is 12.8. The minimum absolute atomic E-state index is 0.269. The highest BCUT2D eigenvalue weighted by Gasteiger charge is 2.13. The molecular weight excluding hydrogens is 462 g/mol. The van der Waals surface area contributed by atoms with E-state index in [1.807, 2.05) is 62.4 Å². The summed E-state index contributed by atoms with van der Waals surface area (Å²) in [5, 5.41) is 3.27. The summed E-state index contributed by atoms with van der Waals surface area (Å²) in [5.41, 5.74) is 4.89. The summed E-state index contributed by atoms with van der Waals surface area (Å²) in [6.45, 7) is 4.84.